The second-order valence-corrected chi connectivity index (χ2v) is 6.09. The molecule has 0 aliphatic rings. The number of rotatable bonds is 7. The highest BCUT2D eigenvalue weighted by atomic mass is 16.1. The quantitative estimate of drug-likeness (QED) is 0.836. The summed E-state index contributed by atoms with van der Waals surface area (Å²) in [5.41, 5.74) is 3.33. The molecule has 1 aromatic heterocycles. The Morgan fingerprint density at radius 1 is 1.00 bits per heavy atom. The van der Waals surface area contributed by atoms with E-state index in [1.165, 1.54) is 0 Å². The number of nitrogens with zero attached hydrogens (tertiary/aromatic N) is 3. The molecule has 128 valence electrons. The van der Waals surface area contributed by atoms with Crippen molar-refractivity contribution >= 4 is 17.4 Å². The first-order valence-corrected chi connectivity index (χ1v) is 8.51. The number of carbonyl (C=O) groups is 1. The average molecular weight is 326 g/mol. The van der Waals surface area contributed by atoms with Crippen LogP contribution in [0.15, 0.2) is 30.3 Å². The van der Waals surface area contributed by atoms with Crippen LogP contribution in [-0.4, -0.2) is 29.2 Å². The van der Waals surface area contributed by atoms with Gasteiger partial charge in [0.1, 0.15) is 0 Å². The Morgan fingerprint density at radius 3 is 2.12 bits per heavy atom. The fourth-order valence-corrected chi connectivity index (χ4v) is 2.74. The summed E-state index contributed by atoms with van der Waals surface area (Å²) in [6.45, 7) is 10.2. The highest BCUT2D eigenvalue weighted by Gasteiger charge is 2.12. The molecule has 0 atom stereocenters. The van der Waals surface area contributed by atoms with Crippen LogP contribution in [0.5, 0.6) is 0 Å². The molecule has 2 aromatic rings. The molecular weight excluding hydrogens is 300 g/mol. The van der Waals surface area contributed by atoms with Crippen LogP contribution in [0.25, 0.3) is 0 Å². The van der Waals surface area contributed by atoms with E-state index in [0.717, 1.165) is 48.6 Å². The van der Waals surface area contributed by atoms with Crippen molar-refractivity contribution < 1.29 is 4.79 Å². The summed E-state index contributed by atoms with van der Waals surface area (Å²) in [5, 5.41) is 11.2. The lowest BCUT2D eigenvalue weighted by molar-refractivity contribution is 0.102. The lowest BCUT2D eigenvalue weighted by atomic mass is 10.1. The molecule has 5 nitrogen and oxygen atoms in total. The topological polar surface area (TPSA) is 58.1 Å². The summed E-state index contributed by atoms with van der Waals surface area (Å²) in [6.07, 6.45) is 2.10. The van der Waals surface area contributed by atoms with Crippen LogP contribution in [0.3, 0.4) is 0 Å². The second-order valence-electron chi connectivity index (χ2n) is 6.09. The molecule has 0 unspecified atom stereocenters. The SMILES string of the molecule is CCCN(CCC)c1ccc(C(=O)Nc2cc(C)cc(C)c2)nn1. The van der Waals surface area contributed by atoms with E-state index >= 15 is 0 Å². The van der Waals surface area contributed by atoms with E-state index in [4.69, 9.17) is 0 Å². The van der Waals surface area contributed by atoms with Crippen molar-refractivity contribution in [2.45, 2.75) is 40.5 Å². The molecule has 1 N–H and O–H groups in total. The second kappa shape index (κ2) is 8.43. The number of aryl methyl sites for hydroxylation is 2. The van der Waals surface area contributed by atoms with Crippen molar-refractivity contribution in [3.05, 3.63) is 47.2 Å². The van der Waals surface area contributed by atoms with E-state index in [9.17, 15) is 4.79 Å². The smallest absolute Gasteiger partial charge is 0.276 e. The van der Waals surface area contributed by atoms with Gasteiger partial charge in [-0.15, -0.1) is 10.2 Å². The Kier molecular flexibility index (Phi) is 6.29. The Balaban J connectivity index is 2.10. The number of hydrogen-bond acceptors (Lipinski definition) is 4. The number of nitrogens with one attached hydrogen (secondary N) is 1. The summed E-state index contributed by atoms with van der Waals surface area (Å²) < 4.78 is 0. The molecule has 0 saturated carbocycles. The first-order valence-electron chi connectivity index (χ1n) is 8.51. The number of hydrogen-bond donors (Lipinski definition) is 1. The first-order chi connectivity index (χ1) is 11.5. The molecule has 0 spiro atoms. The summed E-state index contributed by atoms with van der Waals surface area (Å²) >= 11 is 0. The Hall–Kier alpha value is -2.43. The fraction of sp³-hybridized carbons (Fsp3) is 0.421. The van der Waals surface area contributed by atoms with Crippen molar-refractivity contribution in [1.82, 2.24) is 10.2 Å². The number of anilines is 2. The first kappa shape index (κ1) is 17.9. The Morgan fingerprint density at radius 2 is 1.62 bits per heavy atom. The fourth-order valence-electron chi connectivity index (χ4n) is 2.74. The molecule has 1 heterocycles. The largest absolute Gasteiger partial charge is 0.355 e. The molecule has 0 bridgehead atoms. The van der Waals surface area contributed by atoms with Crippen molar-refractivity contribution in [3.8, 4) is 0 Å². The number of aromatic nitrogens is 2. The van der Waals surface area contributed by atoms with Crippen molar-refractivity contribution in [2.75, 3.05) is 23.3 Å². The van der Waals surface area contributed by atoms with Crippen LogP contribution in [-0.2, 0) is 0 Å². The number of amides is 1. The molecule has 1 aromatic carbocycles. The lowest BCUT2D eigenvalue weighted by Crippen LogP contribution is -2.26. The maximum atomic E-state index is 12.3. The normalized spacial score (nSPS) is 10.5. The zero-order valence-corrected chi connectivity index (χ0v) is 15.0. The third kappa shape index (κ3) is 4.78. The van der Waals surface area contributed by atoms with Gasteiger partial charge in [-0.25, -0.2) is 0 Å². The van der Waals surface area contributed by atoms with Gasteiger partial charge in [0.25, 0.3) is 5.91 Å². The summed E-state index contributed by atoms with van der Waals surface area (Å²) in [7, 11) is 0. The van der Waals surface area contributed by atoms with Crippen LogP contribution >= 0.6 is 0 Å². The molecule has 0 radical (unpaired) electrons. The van der Waals surface area contributed by atoms with Gasteiger partial charge in [-0.2, -0.15) is 0 Å². The van der Waals surface area contributed by atoms with Gasteiger partial charge in [0.15, 0.2) is 11.5 Å². The van der Waals surface area contributed by atoms with Crippen LogP contribution in [0.1, 0.15) is 48.3 Å². The van der Waals surface area contributed by atoms with Crippen molar-refractivity contribution in [3.63, 3.8) is 0 Å². The lowest BCUT2D eigenvalue weighted by Gasteiger charge is -2.21. The monoisotopic (exact) mass is 326 g/mol. The third-order valence-corrected chi connectivity index (χ3v) is 3.67. The Bertz CT molecular complexity index is 656. The van der Waals surface area contributed by atoms with Gasteiger partial charge in [0.05, 0.1) is 0 Å². The van der Waals surface area contributed by atoms with Crippen molar-refractivity contribution in [2.24, 2.45) is 0 Å². The molecule has 0 saturated heterocycles. The number of benzene rings is 1. The van der Waals surface area contributed by atoms with Crippen LogP contribution in [0.4, 0.5) is 11.5 Å². The standard InChI is InChI=1S/C19H26N4O/c1-5-9-23(10-6-2)18-8-7-17(21-22-18)19(24)20-16-12-14(3)11-15(4)13-16/h7-8,11-13H,5-6,9-10H2,1-4H3,(H,20,24). The van der Waals surface area contributed by atoms with Crippen molar-refractivity contribution in [1.29, 1.82) is 0 Å². The van der Waals surface area contributed by atoms with Gasteiger partial charge in [-0.3, -0.25) is 4.79 Å². The molecular formula is C19H26N4O. The van der Waals surface area contributed by atoms with E-state index in [1.54, 1.807) is 6.07 Å². The third-order valence-electron chi connectivity index (χ3n) is 3.67. The van der Waals surface area contributed by atoms with Crippen LogP contribution < -0.4 is 10.2 Å². The zero-order valence-electron chi connectivity index (χ0n) is 15.0. The summed E-state index contributed by atoms with van der Waals surface area (Å²) in [5.74, 6) is 0.582. The number of carbonyl (C=O) groups excluding carboxylic acids is 1. The van der Waals surface area contributed by atoms with Gasteiger partial charge in [0, 0.05) is 18.8 Å². The van der Waals surface area contributed by atoms with E-state index < -0.39 is 0 Å². The molecule has 0 aliphatic heterocycles. The zero-order chi connectivity index (χ0) is 17.5. The summed E-state index contributed by atoms with van der Waals surface area (Å²) in [6, 6.07) is 9.56. The van der Waals surface area contributed by atoms with Crippen LogP contribution in [0, 0.1) is 13.8 Å². The minimum atomic E-state index is -0.239. The predicted octanol–water partition coefficient (Wildman–Crippen LogP) is 3.97. The maximum absolute atomic E-state index is 12.3. The molecule has 5 heteroatoms. The highest BCUT2D eigenvalue weighted by molar-refractivity contribution is 6.02. The molecule has 0 fully saturated rings. The predicted molar refractivity (Wildman–Crippen MR) is 98.7 cm³/mol. The van der Waals surface area contributed by atoms with Gasteiger partial charge < -0.3 is 10.2 Å². The minimum absolute atomic E-state index is 0.239. The summed E-state index contributed by atoms with van der Waals surface area (Å²) in [4.78, 5) is 14.5. The van der Waals surface area contributed by atoms with Gasteiger partial charge in [-0.1, -0.05) is 19.9 Å². The van der Waals surface area contributed by atoms with Gasteiger partial charge >= 0.3 is 0 Å². The highest BCUT2D eigenvalue weighted by Crippen LogP contribution is 2.15. The maximum Gasteiger partial charge on any atom is 0.276 e. The van der Waals surface area contributed by atoms with E-state index in [2.05, 4.69) is 40.3 Å². The molecule has 24 heavy (non-hydrogen) atoms. The van der Waals surface area contributed by atoms with E-state index in [0.29, 0.717) is 5.69 Å². The average Bonchev–Trinajstić information content (AvgIpc) is 2.54. The minimum Gasteiger partial charge on any atom is -0.355 e. The molecule has 2 rings (SSSR count). The van der Waals surface area contributed by atoms with Gasteiger partial charge in [0.2, 0.25) is 0 Å². The van der Waals surface area contributed by atoms with E-state index in [1.807, 2.05) is 32.0 Å². The van der Waals surface area contributed by atoms with E-state index in [-0.39, 0.29) is 5.91 Å². The molecule has 1 amide bonds. The molecule has 0 aliphatic carbocycles. The van der Waals surface area contributed by atoms with Crippen LogP contribution in [0.2, 0.25) is 0 Å². The Labute approximate surface area is 144 Å². The van der Waals surface area contributed by atoms with Gasteiger partial charge in [-0.05, 0) is 62.1 Å².